The van der Waals surface area contributed by atoms with Crippen LogP contribution in [0.5, 0.6) is 11.5 Å². The molecular weight excluding hydrogens is 394 g/mol. The van der Waals surface area contributed by atoms with Crippen LogP contribution in [0.3, 0.4) is 0 Å². The third-order valence-electron chi connectivity index (χ3n) is 6.50. The molecule has 2 N–H and O–H groups in total. The second kappa shape index (κ2) is 7.72. The normalized spacial score (nSPS) is 19.0. The van der Waals surface area contributed by atoms with Crippen LogP contribution in [0.2, 0.25) is 0 Å². The Kier molecular flexibility index (Phi) is 4.88. The molecule has 0 radical (unpaired) electrons. The number of carbonyl (C=O) groups is 3. The van der Waals surface area contributed by atoms with Gasteiger partial charge in [0.2, 0.25) is 5.91 Å². The standard InChI is InChI=1S/C24H25N3O4/c28-21(20-16-8-1-3-10-18(16)31-19-11-4-2-9-17(19)20)25-14-7-15-27-22(29)24(26-23(27)30)12-5-6-13-24/h1-4,8-11,20H,5-7,12-15H2,(H,25,28)(H,26,30). The van der Waals surface area contributed by atoms with E-state index in [1.165, 1.54) is 4.90 Å². The number of nitrogens with zero attached hydrogens (tertiary/aromatic N) is 1. The average molecular weight is 419 g/mol. The van der Waals surface area contributed by atoms with Crippen LogP contribution in [0.4, 0.5) is 4.79 Å². The van der Waals surface area contributed by atoms with Crippen LogP contribution in [0, 0.1) is 0 Å². The van der Waals surface area contributed by atoms with Crippen molar-refractivity contribution in [1.82, 2.24) is 15.5 Å². The van der Waals surface area contributed by atoms with E-state index >= 15 is 0 Å². The molecule has 5 rings (SSSR count). The number of para-hydroxylation sites is 2. The Bertz CT molecular complexity index is 999. The smallest absolute Gasteiger partial charge is 0.325 e. The highest BCUT2D eigenvalue weighted by atomic mass is 16.5. The minimum absolute atomic E-state index is 0.117. The van der Waals surface area contributed by atoms with Crippen LogP contribution in [0.1, 0.15) is 49.1 Å². The quantitative estimate of drug-likeness (QED) is 0.575. The number of amides is 4. The van der Waals surface area contributed by atoms with E-state index in [0.717, 1.165) is 24.0 Å². The van der Waals surface area contributed by atoms with Crippen molar-refractivity contribution in [1.29, 1.82) is 0 Å². The molecule has 31 heavy (non-hydrogen) atoms. The first kappa shape index (κ1) is 19.6. The Balaban J connectivity index is 1.23. The van der Waals surface area contributed by atoms with Gasteiger partial charge in [-0.3, -0.25) is 14.5 Å². The number of urea groups is 1. The second-order valence-corrected chi connectivity index (χ2v) is 8.43. The van der Waals surface area contributed by atoms with Crippen LogP contribution >= 0.6 is 0 Å². The third-order valence-corrected chi connectivity index (χ3v) is 6.50. The van der Waals surface area contributed by atoms with E-state index in [2.05, 4.69) is 10.6 Å². The van der Waals surface area contributed by atoms with Gasteiger partial charge in [-0.2, -0.15) is 0 Å². The summed E-state index contributed by atoms with van der Waals surface area (Å²) in [6.07, 6.45) is 3.86. The molecule has 1 spiro atoms. The van der Waals surface area contributed by atoms with E-state index in [9.17, 15) is 14.4 Å². The molecule has 1 saturated carbocycles. The zero-order chi connectivity index (χ0) is 21.4. The number of hydrogen-bond donors (Lipinski definition) is 2. The number of carbonyl (C=O) groups excluding carboxylic acids is 3. The maximum atomic E-state index is 13.1. The van der Waals surface area contributed by atoms with Gasteiger partial charge in [-0.05, 0) is 31.4 Å². The van der Waals surface area contributed by atoms with Gasteiger partial charge in [0, 0.05) is 24.2 Å². The maximum Gasteiger partial charge on any atom is 0.325 e. The first-order valence-corrected chi connectivity index (χ1v) is 10.9. The summed E-state index contributed by atoms with van der Waals surface area (Å²) in [6.45, 7) is 0.679. The average Bonchev–Trinajstić information content (AvgIpc) is 3.34. The molecule has 2 aromatic carbocycles. The van der Waals surface area contributed by atoms with Gasteiger partial charge >= 0.3 is 6.03 Å². The van der Waals surface area contributed by atoms with E-state index in [4.69, 9.17) is 4.74 Å². The Morgan fingerprint density at radius 3 is 2.29 bits per heavy atom. The van der Waals surface area contributed by atoms with E-state index in [-0.39, 0.29) is 17.8 Å². The monoisotopic (exact) mass is 419 g/mol. The van der Waals surface area contributed by atoms with Crippen molar-refractivity contribution < 1.29 is 19.1 Å². The molecule has 2 aliphatic heterocycles. The van der Waals surface area contributed by atoms with Crippen molar-refractivity contribution in [2.75, 3.05) is 13.1 Å². The molecule has 7 nitrogen and oxygen atoms in total. The zero-order valence-corrected chi connectivity index (χ0v) is 17.2. The van der Waals surface area contributed by atoms with Gasteiger partial charge < -0.3 is 15.4 Å². The highest BCUT2D eigenvalue weighted by Crippen LogP contribution is 2.43. The number of nitrogens with one attached hydrogen (secondary N) is 2. The molecule has 7 heteroatoms. The van der Waals surface area contributed by atoms with E-state index in [1.54, 1.807) is 0 Å². The van der Waals surface area contributed by atoms with Gasteiger partial charge in [0.15, 0.2) is 0 Å². The maximum absolute atomic E-state index is 13.1. The highest BCUT2D eigenvalue weighted by molar-refractivity contribution is 6.07. The SMILES string of the molecule is O=C(NCCCN1C(=O)NC2(CCCC2)C1=O)C1c2ccccc2Oc2ccccc21. The van der Waals surface area contributed by atoms with Gasteiger partial charge in [-0.15, -0.1) is 0 Å². The first-order chi connectivity index (χ1) is 15.1. The summed E-state index contributed by atoms with van der Waals surface area (Å²) < 4.78 is 5.95. The van der Waals surface area contributed by atoms with Crippen LogP contribution in [-0.2, 0) is 9.59 Å². The molecule has 0 aromatic heterocycles. The van der Waals surface area contributed by atoms with Crippen molar-refractivity contribution >= 4 is 17.8 Å². The van der Waals surface area contributed by atoms with Gasteiger partial charge in [0.05, 0.1) is 5.92 Å². The third kappa shape index (κ3) is 3.34. The highest BCUT2D eigenvalue weighted by Gasteiger charge is 2.52. The molecule has 3 aliphatic rings. The zero-order valence-electron chi connectivity index (χ0n) is 17.2. The molecule has 2 fully saturated rings. The van der Waals surface area contributed by atoms with Crippen LogP contribution in [0.25, 0.3) is 0 Å². The fourth-order valence-electron chi connectivity index (χ4n) is 4.94. The number of rotatable bonds is 5. The number of ether oxygens (including phenoxy) is 1. The lowest BCUT2D eigenvalue weighted by atomic mass is 9.87. The lowest BCUT2D eigenvalue weighted by Crippen LogP contribution is -2.44. The Morgan fingerprint density at radius 1 is 1.03 bits per heavy atom. The molecule has 0 unspecified atom stereocenters. The minimum atomic E-state index is -0.685. The van der Waals surface area contributed by atoms with E-state index in [1.807, 2.05) is 48.5 Å². The molecule has 160 valence electrons. The Hall–Kier alpha value is -3.35. The summed E-state index contributed by atoms with van der Waals surface area (Å²) in [7, 11) is 0. The molecule has 0 bridgehead atoms. The van der Waals surface area contributed by atoms with Crippen LogP contribution in [-0.4, -0.2) is 41.4 Å². The lowest BCUT2D eigenvalue weighted by Gasteiger charge is -2.27. The molecular formula is C24H25N3O4. The van der Waals surface area contributed by atoms with Gasteiger partial charge in [0.25, 0.3) is 5.91 Å². The minimum Gasteiger partial charge on any atom is -0.457 e. The molecule has 2 aromatic rings. The Labute approximate surface area is 180 Å². The van der Waals surface area contributed by atoms with Crippen molar-refractivity contribution in [3.63, 3.8) is 0 Å². The largest absolute Gasteiger partial charge is 0.457 e. The van der Waals surface area contributed by atoms with Crippen LogP contribution < -0.4 is 15.4 Å². The van der Waals surface area contributed by atoms with Crippen molar-refractivity contribution in [3.8, 4) is 11.5 Å². The Morgan fingerprint density at radius 2 is 1.65 bits per heavy atom. The molecule has 1 saturated heterocycles. The summed E-state index contributed by atoms with van der Waals surface area (Å²) in [5.74, 6) is 0.672. The van der Waals surface area contributed by atoms with Gasteiger partial charge in [-0.1, -0.05) is 49.2 Å². The fourth-order valence-corrected chi connectivity index (χ4v) is 4.94. The summed E-state index contributed by atoms with van der Waals surface area (Å²) in [5, 5.41) is 5.87. The molecule has 1 aliphatic carbocycles. The van der Waals surface area contributed by atoms with E-state index in [0.29, 0.717) is 43.9 Å². The van der Waals surface area contributed by atoms with Crippen LogP contribution in [0.15, 0.2) is 48.5 Å². The molecule has 4 amide bonds. The first-order valence-electron chi connectivity index (χ1n) is 10.9. The lowest BCUT2D eigenvalue weighted by molar-refractivity contribution is -0.131. The van der Waals surface area contributed by atoms with E-state index < -0.39 is 11.5 Å². The predicted molar refractivity (Wildman–Crippen MR) is 114 cm³/mol. The van der Waals surface area contributed by atoms with Gasteiger partial charge in [-0.25, -0.2) is 4.79 Å². The summed E-state index contributed by atoms with van der Waals surface area (Å²) in [6, 6.07) is 14.8. The summed E-state index contributed by atoms with van der Waals surface area (Å²) in [4.78, 5) is 39.4. The van der Waals surface area contributed by atoms with Crippen molar-refractivity contribution in [2.24, 2.45) is 0 Å². The van der Waals surface area contributed by atoms with Gasteiger partial charge in [0.1, 0.15) is 17.0 Å². The number of imide groups is 1. The van der Waals surface area contributed by atoms with Crippen molar-refractivity contribution in [2.45, 2.75) is 43.6 Å². The topological polar surface area (TPSA) is 87.7 Å². The predicted octanol–water partition coefficient (Wildman–Crippen LogP) is 3.30. The summed E-state index contributed by atoms with van der Waals surface area (Å²) >= 11 is 0. The number of hydrogen-bond acceptors (Lipinski definition) is 4. The number of fused-ring (bicyclic) bond motifs is 2. The second-order valence-electron chi connectivity index (χ2n) is 8.43. The summed E-state index contributed by atoms with van der Waals surface area (Å²) in [5.41, 5.74) is 0.975. The molecule has 0 atom stereocenters. The molecule has 2 heterocycles. The van der Waals surface area contributed by atoms with Crippen molar-refractivity contribution in [3.05, 3.63) is 59.7 Å². The fraction of sp³-hybridized carbons (Fsp3) is 0.375. The number of benzene rings is 2.